The zero-order chi connectivity index (χ0) is 9.26. The van der Waals surface area contributed by atoms with Crippen molar-refractivity contribution in [3.63, 3.8) is 0 Å². The quantitative estimate of drug-likeness (QED) is 0.733. The van der Waals surface area contributed by atoms with Crippen molar-refractivity contribution in [2.45, 2.75) is 18.9 Å². The molecule has 0 saturated heterocycles. The zero-order valence-corrected chi connectivity index (χ0v) is 7.67. The first-order valence-electron chi connectivity index (χ1n) is 4.12. The Balaban J connectivity index is 2.29. The molecule has 1 fully saturated rings. The highest BCUT2D eigenvalue weighted by Crippen LogP contribution is 2.27. The second kappa shape index (κ2) is 3.23. The molecule has 1 aliphatic rings. The fourth-order valence-corrected chi connectivity index (χ4v) is 1.24. The smallest absolute Gasteiger partial charge is 0.131 e. The number of halogens is 1. The van der Waals surface area contributed by atoms with Crippen molar-refractivity contribution >= 4 is 17.3 Å². The van der Waals surface area contributed by atoms with Gasteiger partial charge in [0.1, 0.15) is 11.2 Å². The van der Waals surface area contributed by atoms with Crippen LogP contribution in [-0.2, 0) is 0 Å². The van der Waals surface area contributed by atoms with Crippen LogP contribution in [-0.4, -0.2) is 11.0 Å². The van der Waals surface area contributed by atoms with Gasteiger partial charge in [-0.05, 0) is 18.9 Å². The predicted molar refractivity (Wildman–Crippen MR) is 50.6 cm³/mol. The van der Waals surface area contributed by atoms with Crippen LogP contribution < -0.4 is 5.32 Å². The van der Waals surface area contributed by atoms with Gasteiger partial charge in [-0.2, -0.15) is 5.26 Å². The fraction of sp³-hybridized carbons (Fsp3) is 0.333. The van der Waals surface area contributed by atoms with E-state index in [4.69, 9.17) is 16.9 Å². The van der Waals surface area contributed by atoms with Crippen LogP contribution in [0.2, 0.25) is 5.15 Å². The minimum atomic E-state index is 0.419. The van der Waals surface area contributed by atoms with E-state index in [2.05, 4.69) is 16.4 Å². The Morgan fingerprint density at radius 2 is 2.38 bits per heavy atom. The molecule has 0 spiro atoms. The second-order valence-corrected chi connectivity index (χ2v) is 3.47. The van der Waals surface area contributed by atoms with Crippen molar-refractivity contribution in [2.75, 3.05) is 5.32 Å². The summed E-state index contributed by atoms with van der Waals surface area (Å²) in [6.45, 7) is 0. The molecule has 0 amide bonds. The molecule has 0 bridgehead atoms. The van der Waals surface area contributed by atoms with Crippen molar-refractivity contribution in [1.29, 1.82) is 5.26 Å². The van der Waals surface area contributed by atoms with E-state index >= 15 is 0 Å². The van der Waals surface area contributed by atoms with Gasteiger partial charge < -0.3 is 5.32 Å². The Morgan fingerprint density at radius 1 is 1.62 bits per heavy atom. The molecular weight excluding hydrogens is 186 g/mol. The molecule has 4 heteroatoms. The molecule has 0 aromatic carbocycles. The molecule has 3 nitrogen and oxygen atoms in total. The van der Waals surface area contributed by atoms with Crippen molar-refractivity contribution in [3.05, 3.63) is 23.0 Å². The van der Waals surface area contributed by atoms with Crippen molar-refractivity contribution in [3.8, 4) is 6.07 Å². The summed E-state index contributed by atoms with van der Waals surface area (Å²) in [6, 6.07) is 4.28. The van der Waals surface area contributed by atoms with Gasteiger partial charge in [-0.3, -0.25) is 0 Å². The third kappa shape index (κ3) is 1.90. The summed E-state index contributed by atoms with van der Waals surface area (Å²) in [7, 11) is 0. The van der Waals surface area contributed by atoms with Gasteiger partial charge in [0.2, 0.25) is 0 Å². The number of nitriles is 1. The Kier molecular flexibility index (Phi) is 2.07. The lowest BCUT2D eigenvalue weighted by Crippen LogP contribution is -2.03. The van der Waals surface area contributed by atoms with Crippen LogP contribution in [0.15, 0.2) is 12.3 Å². The average Bonchev–Trinajstić information content (AvgIpc) is 2.89. The van der Waals surface area contributed by atoms with E-state index in [0.717, 1.165) is 5.69 Å². The maximum absolute atomic E-state index is 8.77. The molecule has 1 N–H and O–H groups in total. The fourth-order valence-electron chi connectivity index (χ4n) is 1.09. The van der Waals surface area contributed by atoms with E-state index in [9.17, 15) is 0 Å². The minimum absolute atomic E-state index is 0.419. The summed E-state index contributed by atoms with van der Waals surface area (Å²) in [6.07, 6.45) is 3.84. The molecule has 66 valence electrons. The van der Waals surface area contributed by atoms with Gasteiger partial charge in [0.05, 0.1) is 11.3 Å². The largest absolute Gasteiger partial charge is 0.381 e. The zero-order valence-electron chi connectivity index (χ0n) is 6.92. The van der Waals surface area contributed by atoms with Crippen molar-refractivity contribution in [2.24, 2.45) is 0 Å². The van der Waals surface area contributed by atoms with E-state index in [0.29, 0.717) is 16.8 Å². The Hall–Kier alpha value is -1.27. The highest BCUT2D eigenvalue weighted by Gasteiger charge is 2.22. The van der Waals surface area contributed by atoms with Crippen LogP contribution >= 0.6 is 11.6 Å². The van der Waals surface area contributed by atoms with Crippen molar-refractivity contribution in [1.82, 2.24) is 4.98 Å². The maximum atomic E-state index is 8.77. The van der Waals surface area contributed by atoms with E-state index in [-0.39, 0.29) is 0 Å². The summed E-state index contributed by atoms with van der Waals surface area (Å²) in [5.41, 5.74) is 1.35. The Labute approximate surface area is 81.4 Å². The first-order valence-corrected chi connectivity index (χ1v) is 4.49. The summed E-state index contributed by atoms with van der Waals surface area (Å²) < 4.78 is 0. The van der Waals surface area contributed by atoms with Crippen LogP contribution in [0.4, 0.5) is 5.69 Å². The third-order valence-electron chi connectivity index (χ3n) is 1.93. The van der Waals surface area contributed by atoms with Gasteiger partial charge in [-0.1, -0.05) is 11.6 Å². The number of aromatic nitrogens is 1. The van der Waals surface area contributed by atoms with E-state index in [1.54, 1.807) is 6.07 Å². The average molecular weight is 194 g/mol. The topological polar surface area (TPSA) is 48.7 Å². The Bertz CT molecular complexity index is 366. The lowest BCUT2D eigenvalue weighted by atomic mass is 10.2. The number of hydrogen-bond acceptors (Lipinski definition) is 3. The maximum Gasteiger partial charge on any atom is 0.131 e. The highest BCUT2D eigenvalue weighted by atomic mass is 35.5. The van der Waals surface area contributed by atoms with E-state index in [1.807, 2.05) is 0 Å². The molecule has 0 unspecified atom stereocenters. The number of nitrogens with zero attached hydrogens (tertiary/aromatic N) is 2. The summed E-state index contributed by atoms with van der Waals surface area (Å²) in [5, 5.41) is 12.4. The second-order valence-electron chi connectivity index (χ2n) is 3.08. The molecule has 0 atom stereocenters. The van der Waals surface area contributed by atoms with Crippen LogP contribution in [0.5, 0.6) is 0 Å². The van der Waals surface area contributed by atoms with Gasteiger partial charge in [0, 0.05) is 12.2 Å². The summed E-state index contributed by atoms with van der Waals surface area (Å²) in [4.78, 5) is 3.84. The molecule has 1 aromatic heterocycles. The molecule has 0 aliphatic heterocycles. The van der Waals surface area contributed by atoms with Gasteiger partial charge >= 0.3 is 0 Å². The normalized spacial score (nSPS) is 15.1. The predicted octanol–water partition coefficient (Wildman–Crippen LogP) is 2.18. The molecular formula is C9H8ClN3. The molecule has 0 radical (unpaired) electrons. The van der Waals surface area contributed by atoms with E-state index in [1.165, 1.54) is 19.0 Å². The highest BCUT2D eigenvalue weighted by molar-refractivity contribution is 6.29. The molecule has 1 heterocycles. The summed E-state index contributed by atoms with van der Waals surface area (Å²) in [5.74, 6) is 0. The molecule has 1 aliphatic carbocycles. The lowest BCUT2D eigenvalue weighted by Gasteiger charge is -2.05. The first-order chi connectivity index (χ1) is 6.29. The van der Waals surface area contributed by atoms with Gasteiger partial charge in [-0.25, -0.2) is 4.98 Å². The number of nitrogens with one attached hydrogen (secondary N) is 1. The SMILES string of the molecule is N#Cc1cnc(Cl)cc1NC1CC1. The van der Waals surface area contributed by atoms with Gasteiger partial charge in [0.15, 0.2) is 0 Å². The molecule has 1 aromatic rings. The molecule has 2 rings (SSSR count). The first kappa shape index (κ1) is 8.33. The van der Waals surface area contributed by atoms with Crippen LogP contribution in [0.25, 0.3) is 0 Å². The molecule has 1 saturated carbocycles. The number of hydrogen-bond donors (Lipinski definition) is 1. The number of anilines is 1. The van der Waals surface area contributed by atoms with E-state index < -0.39 is 0 Å². The minimum Gasteiger partial charge on any atom is -0.381 e. The van der Waals surface area contributed by atoms with Crippen LogP contribution in [0, 0.1) is 11.3 Å². The lowest BCUT2D eigenvalue weighted by molar-refractivity contribution is 1.14. The van der Waals surface area contributed by atoms with Gasteiger partial charge in [0.25, 0.3) is 0 Å². The van der Waals surface area contributed by atoms with Gasteiger partial charge in [-0.15, -0.1) is 0 Å². The standard InChI is InChI=1S/C9H8ClN3/c10-9-3-8(13-7-1-2-7)6(4-11)5-12-9/h3,5,7H,1-2H2,(H,12,13). The monoisotopic (exact) mass is 193 g/mol. The molecule has 13 heavy (non-hydrogen) atoms. The van der Waals surface area contributed by atoms with Crippen LogP contribution in [0.3, 0.4) is 0 Å². The summed E-state index contributed by atoms with van der Waals surface area (Å²) >= 11 is 5.72. The Morgan fingerprint density at radius 3 is 3.00 bits per heavy atom. The number of pyridine rings is 1. The number of rotatable bonds is 2. The van der Waals surface area contributed by atoms with Crippen molar-refractivity contribution < 1.29 is 0 Å². The third-order valence-corrected chi connectivity index (χ3v) is 2.13. The van der Waals surface area contributed by atoms with Crippen LogP contribution in [0.1, 0.15) is 18.4 Å².